The van der Waals surface area contributed by atoms with Crippen molar-refractivity contribution in [2.75, 3.05) is 0 Å². The Morgan fingerprint density at radius 2 is 1.00 bits per heavy atom. The van der Waals surface area contributed by atoms with Gasteiger partial charge in [0.05, 0.1) is 8.22 Å². The third-order valence-corrected chi connectivity index (χ3v) is 11.2. The van der Waals surface area contributed by atoms with Crippen LogP contribution in [0, 0.1) is 0 Å². The van der Waals surface area contributed by atoms with E-state index in [1.54, 1.807) is 11.3 Å². The minimum Gasteiger partial charge on any atom is -0.208 e. The highest BCUT2D eigenvalue weighted by atomic mass is 32.1. The summed E-state index contributed by atoms with van der Waals surface area (Å²) >= 11 is 2.85. The van der Waals surface area contributed by atoms with Gasteiger partial charge in [-0.15, -0.1) is 22.7 Å². The summed E-state index contributed by atoms with van der Waals surface area (Å²) < 4.78 is 58.2. The van der Waals surface area contributed by atoms with E-state index in [0.29, 0.717) is 37.6 Å². The molecule has 7 aromatic carbocycles. The number of hydrogen-bond donors (Lipinski definition) is 0. The Bertz CT molecular complexity index is 3200. The van der Waals surface area contributed by atoms with Crippen LogP contribution >= 0.6 is 22.7 Å². The highest BCUT2D eigenvalue weighted by Crippen LogP contribution is 2.43. The standard InChI is InChI=1S/C45H27N3S2/c1-3-11-28(12-4-1)29-21-23-30(24-22-29)33-16-9-17-37-35-26-25-32(27-40(35)50-41(33)37)44-46-43(31-13-5-2-6-14-31)47-45(48-44)38-19-10-18-36-34-15-7-8-20-39(34)49-42(36)38/h1-27H/i9D,16D,17D,25D,26D,27D. The molecule has 10 aromatic rings. The van der Waals surface area contributed by atoms with Gasteiger partial charge >= 0.3 is 0 Å². The monoisotopic (exact) mass is 679 g/mol. The van der Waals surface area contributed by atoms with Crippen molar-refractivity contribution in [1.82, 2.24) is 15.0 Å². The number of benzene rings is 7. The van der Waals surface area contributed by atoms with Crippen LogP contribution in [0.5, 0.6) is 0 Å². The van der Waals surface area contributed by atoms with E-state index < -0.39 is 0 Å². The Morgan fingerprint density at radius 1 is 0.380 bits per heavy atom. The molecule has 0 amide bonds. The number of hydrogen-bond acceptors (Lipinski definition) is 5. The molecule has 0 radical (unpaired) electrons. The van der Waals surface area contributed by atoms with Gasteiger partial charge in [-0.3, -0.25) is 0 Å². The summed E-state index contributed by atoms with van der Waals surface area (Å²) in [6, 6.07) is 40.4. The van der Waals surface area contributed by atoms with Crippen LogP contribution in [0.3, 0.4) is 0 Å². The van der Waals surface area contributed by atoms with Crippen molar-refractivity contribution in [2.45, 2.75) is 0 Å². The van der Waals surface area contributed by atoms with Crippen molar-refractivity contribution in [3.05, 3.63) is 164 Å². The zero-order valence-corrected chi connectivity index (χ0v) is 27.9. The van der Waals surface area contributed by atoms with Gasteiger partial charge in [-0.25, -0.2) is 15.0 Å². The highest BCUT2D eigenvalue weighted by Gasteiger charge is 2.18. The Morgan fingerprint density at radius 3 is 1.82 bits per heavy atom. The number of thiophene rings is 2. The van der Waals surface area contributed by atoms with Crippen molar-refractivity contribution in [2.24, 2.45) is 0 Å². The lowest BCUT2D eigenvalue weighted by Gasteiger charge is -2.09. The largest absolute Gasteiger partial charge is 0.208 e. The molecule has 5 heteroatoms. The second-order valence-electron chi connectivity index (χ2n) is 11.9. The molecule has 0 aliphatic carbocycles. The minimum absolute atomic E-state index is 0.0544. The number of rotatable bonds is 5. The molecular formula is C45H27N3S2. The van der Waals surface area contributed by atoms with Crippen LogP contribution in [0.4, 0.5) is 0 Å². The molecule has 0 atom stereocenters. The number of fused-ring (bicyclic) bond motifs is 6. The zero-order chi connectivity index (χ0) is 38.2. The molecule has 0 N–H and O–H groups in total. The van der Waals surface area contributed by atoms with Crippen LogP contribution in [0.15, 0.2) is 164 Å². The maximum atomic E-state index is 9.63. The number of aromatic nitrogens is 3. The normalized spacial score (nSPS) is 13.3. The van der Waals surface area contributed by atoms with Crippen LogP contribution in [0.1, 0.15) is 8.22 Å². The number of nitrogens with zero attached hydrogens (tertiary/aromatic N) is 3. The first kappa shape index (κ1) is 23.4. The average Bonchev–Trinajstić information content (AvgIpc) is 3.83. The fourth-order valence-electron chi connectivity index (χ4n) is 6.44. The van der Waals surface area contributed by atoms with E-state index >= 15 is 0 Å². The molecule has 0 fully saturated rings. The first-order valence-electron chi connectivity index (χ1n) is 19.1. The van der Waals surface area contributed by atoms with Gasteiger partial charge in [0, 0.05) is 57.0 Å². The lowest BCUT2D eigenvalue weighted by Crippen LogP contribution is -2.00. The van der Waals surface area contributed by atoms with Gasteiger partial charge in [-0.05, 0) is 40.4 Å². The summed E-state index contributed by atoms with van der Waals surface area (Å²) in [5, 5.41) is 2.75. The first-order chi connectivity index (χ1) is 27.3. The van der Waals surface area contributed by atoms with Gasteiger partial charge in [-0.2, -0.15) is 0 Å². The van der Waals surface area contributed by atoms with Crippen molar-refractivity contribution >= 4 is 63.0 Å². The molecule has 10 rings (SSSR count). The van der Waals surface area contributed by atoms with Crippen molar-refractivity contribution in [3.63, 3.8) is 0 Å². The first-order valence-corrected chi connectivity index (χ1v) is 17.8. The third-order valence-electron chi connectivity index (χ3n) is 8.88. The van der Waals surface area contributed by atoms with Gasteiger partial charge in [0.2, 0.25) is 0 Å². The predicted molar refractivity (Wildman–Crippen MR) is 213 cm³/mol. The summed E-state index contributed by atoms with van der Waals surface area (Å²) in [5.74, 6) is 0.859. The van der Waals surface area contributed by atoms with E-state index in [4.69, 9.17) is 19.1 Å². The Labute approximate surface area is 305 Å². The van der Waals surface area contributed by atoms with Crippen LogP contribution in [0.25, 0.3) is 96.8 Å². The molecule has 234 valence electrons. The van der Waals surface area contributed by atoms with E-state index in [0.717, 1.165) is 42.4 Å². The third kappa shape index (κ3) is 4.90. The van der Waals surface area contributed by atoms with Crippen molar-refractivity contribution < 1.29 is 8.22 Å². The lowest BCUT2D eigenvalue weighted by atomic mass is 9.99. The SMILES string of the molecule is [2H]c1c([2H])c([2H])c2c(sc3c([2H])c(-c4nc(-c5ccccc5)nc(-c5cccc6c5sc5ccccc56)n4)c([2H])c([2H])c32)c1-c1ccc(-c2ccccc2)cc1. The Hall–Kier alpha value is -6.01. The van der Waals surface area contributed by atoms with Crippen LogP contribution in [-0.4, -0.2) is 15.0 Å². The molecule has 3 heterocycles. The topological polar surface area (TPSA) is 38.7 Å². The molecule has 50 heavy (non-hydrogen) atoms. The summed E-state index contributed by atoms with van der Waals surface area (Å²) in [6.07, 6.45) is 0. The van der Waals surface area contributed by atoms with Crippen molar-refractivity contribution in [3.8, 4) is 56.4 Å². The van der Waals surface area contributed by atoms with Gasteiger partial charge in [-0.1, -0.05) is 145 Å². The van der Waals surface area contributed by atoms with E-state index in [-0.39, 0.29) is 53.0 Å². The minimum atomic E-state index is -0.272. The summed E-state index contributed by atoms with van der Waals surface area (Å²) in [7, 11) is 0. The van der Waals surface area contributed by atoms with E-state index in [1.165, 1.54) is 11.3 Å². The Balaban J connectivity index is 1.22. The van der Waals surface area contributed by atoms with Crippen molar-refractivity contribution in [1.29, 1.82) is 0 Å². The maximum Gasteiger partial charge on any atom is 0.165 e. The van der Waals surface area contributed by atoms with Crippen LogP contribution in [-0.2, 0) is 0 Å². The van der Waals surface area contributed by atoms with Gasteiger partial charge in [0.1, 0.15) is 0 Å². The fraction of sp³-hybridized carbons (Fsp3) is 0. The molecule has 0 aliphatic heterocycles. The molecule has 0 saturated heterocycles. The van der Waals surface area contributed by atoms with Crippen LogP contribution in [0.2, 0.25) is 0 Å². The molecule has 0 aliphatic rings. The molecule has 3 aromatic heterocycles. The Kier molecular flexibility index (Phi) is 5.54. The second kappa shape index (κ2) is 11.8. The smallest absolute Gasteiger partial charge is 0.165 e. The highest BCUT2D eigenvalue weighted by molar-refractivity contribution is 7.26. The van der Waals surface area contributed by atoms with Gasteiger partial charge in [0.25, 0.3) is 0 Å². The predicted octanol–water partition coefficient (Wildman–Crippen LogP) is 12.9. The molecule has 0 unspecified atom stereocenters. The molecule has 0 spiro atoms. The molecule has 0 saturated carbocycles. The molecule has 3 nitrogen and oxygen atoms in total. The lowest BCUT2D eigenvalue weighted by molar-refractivity contribution is 1.08. The van der Waals surface area contributed by atoms with E-state index in [1.807, 2.05) is 109 Å². The molecule has 0 bridgehead atoms. The summed E-state index contributed by atoms with van der Waals surface area (Å²) in [4.78, 5) is 14.8. The summed E-state index contributed by atoms with van der Waals surface area (Å²) in [6.45, 7) is 0. The van der Waals surface area contributed by atoms with E-state index in [2.05, 4.69) is 18.2 Å². The quantitative estimate of drug-likeness (QED) is 0.182. The summed E-state index contributed by atoms with van der Waals surface area (Å²) in [5.41, 5.74) is 4.80. The molecular weight excluding hydrogens is 647 g/mol. The zero-order valence-electron chi connectivity index (χ0n) is 32.3. The van der Waals surface area contributed by atoms with Crippen LogP contribution < -0.4 is 0 Å². The van der Waals surface area contributed by atoms with Gasteiger partial charge in [0.15, 0.2) is 17.5 Å². The van der Waals surface area contributed by atoms with Gasteiger partial charge < -0.3 is 0 Å². The second-order valence-corrected chi connectivity index (χ2v) is 14.0. The van der Waals surface area contributed by atoms with E-state index in [9.17, 15) is 4.11 Å². The fourth-order valence-corrected chi connectivity index (χ4v) is 8.79. The maximum absolute atomic E-state index is 9.63. The average molecular weight is 680 g/mol.